The van der Waals surface area contributed by atoms with E-state index in [1.807, 2.05) is 10.9 Å². The van der Waals surface area contributed by atoms with Crippen molar-refractivity contribution in [2.24, 2.45) is 17.7 Å². The molecule has 0 aliphatic heterocycles. The van der Waals surface area contributed by atoms with E-state index in [9.17, 15) is 0 Å². The van der Waals surface area contributed by atoms with Gasteiger partial charge in [0.15, 0.2) is 0 Å². The molecule has 1 aliphatic carbocycles. The van der Waals surface area contributed by atoms with Gasteiger partial charge in [0.2, 0.25) is 0 Å². The first-order valence-electron chi connectivity index (χ1n) is 5.36. The van der Waals surface area contributed by atoms with Gasteiger partial charge in [-0.05, 0) is 41.1 Å². The van der Waals surface area contributed by atoms with Crippen molar-refractivity contribution in [2.45, 2.75) is 32.9 Å². The molecular weight excluding hydrogens is 256 g/mol. The van der Waals surface area contributed by atoms with Crippen LogP contribution < -0.4 is 11.3 Å². The Balaban J connectivity index is 2.28. The number of nitrogens with two attached hydrogens (primary N) is 1. The Morgan fingerprint density at radius 3 is 2.93 bits per heavy atom. The highest BCUT2D eigenvalue weighted by Gasteiger charge is 2.41. The molecule has 1 aliphatic rings. The highest BCUT2D eigenvalue weighted by Crippen LogP contribution is 2.47. The predicted octanol–water partition coefficient (Wildman–Crippen LogP) is 1.83. The van der Waals surface area contributed by atoms with Crippen molar-refractivity contribution in [3.63, 3.8) is 0 Å². The van der Waals surface area contributed by atoms with Gasteiger partial charge in [-0.3, -0.25) is 16.0 Å². The van der Waals surface area contributed by atoms with Crippen LogP contribution in [0.1, 0.15) is 32.0 Å². The van der Waals surface area contributed by atoms with Gasteiger partial charge >= 0.3 is 0 Å². The highest BCUT2D eigenvalue weighted by molar-refractivity contribution is 9.10. The summed E-state index contributed by atoms with van der Waals surface area (Å²) in [6.07, 6.45) is 3.09. The molecule has 1 aromatic heterocycles. The van der Waals surface area contributed by atoms with Gasteiger partial charge in [0.25, 0.3) is 0 Å². The fourth-order valence-electron chi connectivity index (χ4n) is 2.15. The third kappa shape index (κ3) is 1.96. The van der Waals surface area contributed by atoms with Crippen LogP contribution in [0.25, 0.3) is 0 Å². The number of aromatic nitrogens is 2. The summed E-state index contributed by atoms with van der Waals surface area (Å²) in [6, 6.07) is 0.219. The lowest BCUT2D eigenvalue weighted by Crippen LogP contribution is -2.32. The minimum absolute atomic E-state index is 0.219. The summed E-state index contributed by atoms with van der Waals surface area (Å²) in [7, 11) is 0. The van der Waals surface area contributed by atoms with Gasteiger partial charge in [0, 0.05) is 6.54 Å². The summed E-state index contributed by atoms with van der Waals surface area (Å²) in [5.74, 6) is 7.06. The van der Waals surface area contributed by atoms with Crippen molar-refractivity contribution in [2.75, 3.05) is 0 Å². The Bertz CT molecular complexity index is 349. The SMILES string of the molecule is CCn1ncc(Br)c1C(NN)C1CC1C. The van der Waals surface area contributed by atoms with Gasteiger partial charge in [-0.15, -0.1) is 0 Å². The van der Waals surface area contributed by atoms with Crippen LogP contribution in [0.4, 0.5) is 0 Å². The van der Waals surface area contributed by atoms with Gasteiger partial charge in [0.05, 0.1) is 22.4 Å². The third-order valence-electron chi connectivity index (χ3n) is 3.21. The third-order valence-corrected chi connectivity index (χ3v) is 3.82. The number of hydrazine groups is 1. The quantitative estimate of drug-likeness (QED) is 0.650. The molecule has 3 N–H and O–H groups in total. The van der Waals surface area contributed by atoms with Crippen LogP contribution >= 0.6 is 15.9 Å². The molecule has 84 valence electrons. The van der Waals surface area contributed by atoms with E-state index in [0.29, 0.717) is 5.92 Å². The van der Waals surface area contributed by atoms with Gasteiger partial charge in [0.1, 0.15) is 0 Å². The number of hydrogen-bond acceptors (Lipinski definition) is 3. The molecular formula is C10H17BrN4. The van der Waals surface area contributed by atoms with E-state index in [1.165, 1.54) is 12.1 Å². The Hall–Kier alpha value is -0.390. The molecule has 4 nitrogen and oxygen atoms in total. The van der Waals surface area contributed by atoms with Crippen LogP contribution in [0.3, 0.4) is 0 Å². The Morgan fingerprint density at radius 1 is 1.80 bits per heavy atom. The molecule has 15 heavy (non-hydrogen) atoms. The van der Waals surface area contributed by atoms with E-state index in [1.54, 1.807) is 0 Å². The Morgan fingerprint density at radius 2 is 2.47 bits per heavy atom. The molecule has 0 spiro atoms. The molecule has 3 unspecified atom stereocenters. The second-order valence-corrected chi connectivity index (χ2v) is 5.07. The smallest absolute Gasteiger partial charge is 0.0711 e. The van der Waals surface area contributed by atoms with Crippen LogP contribution in [0.2, 0.25) is 0 Å². The van der Waals surface area contributed by atoms with Crippen LogP contribution in [0.15, 0.2) is 10.7 Å². The van der Waals surface area contributed by atoms with E-state index in [4.69, 9.17) is 5.84 Å². The zero-order valence-electron chi connectivity index (χ0n) is 9.07. The maximum Gasteiger partial charge on any atom is 0.0711 e. The number of nitrogens with one attached hydrogen (secondary N) is 1. The van der Waals surface area contributed by atoms with Crippen molar-refractivity contribution >= 4 is 15.9 Å². The average molecular weight is 273 g/mol. The second kappa shape index (κ2) is 4.23. The van der Waals surface area contributed by atoms with E-state index in [2.05, 4.69) is 40.3 Å². The largest absolute Gasteiger partial charge is 0.271 e. The molecule has 1 saturated carbocycles. The van der Waals surface area contributed by atoms with Crippen molar-refractivity contribution in [1.29, 1.82) is 0 Å². The summed E-state index contributed by atoms with van der Waals surface area (Å²) in [6.45, 7) is 5.22. The lowest BCUT2D eigenvalue weighted by Gasteiger charge is -2.17. The topological polar surface area (TPSA) is 55.9 Å². The Labute approximate surface area is 98.3 Å². The molecule has 0 radical (unpaired) electrons. The highest BCUT2D eigenvalue weighted by atomic mass is 79.9. The van der Waals surface area contributed by atoms with E-state index >= 15 is 0 Å². The summed E-state index contributed by atoms with van der Waals surface area (Å²) in [5.41, 5.74) is 4.10. The minimum atomic E-state index is 0.219. The molecule has 1 aromatic rings. The maximum atomic E-state index is 5.65. The van der Waals surface area contributed by atoms with E-state index < -0.39 is 0 Å². The van der Waals surface area contributed by atoms with Crippen LogP contribution in [-0.4, -0.2) is 9.78 Å². The molecule has 0 saturated heterocycles. The van der Waals surface area contributed by atoms with E-state index in [0.717, 1.165) is 16.9 Å². The maximum absolute atomic E-state index is 5.65. The van der Waals surface area contributed by atoms with Crippen molar-refractivity contribution < 1.29 is 0 Å². The molecule has 0 amide bonds. The Kier molecular flexibility index (Phi) is 3.13. The number of nitrogens with zero attached hydrogens (tertiary/aromatic N) is 2. The van der Waals surface area contributed by atoms with Crippen LogP contribution in [0, 0.1) is 11.8 Å². The fourth-order valence-corrected chi connectivity index (χ4v) is 2.70. The second-order valence-electron chi connectivity index (χ2n) is 4.21. The summed E-state index contributed by atoms with van der Waals surface area (Å²) in [5, 5.41) is 4.31. The first-order chi connectivity index (χ1) is 7.19. The van der Waals surface area contributed by atoms with Gasteiger partial charge in [-0.2, -0.15) is 5.10 Å². The zero-order valence-corrected chi connectivity index (χ0v) is 10.7. The number of rotatable bonds is 4. The average Bonchev–Trinajstić information content (AvgIpc) is 2.82. The van der Waals surface area contributed by atoms with Gasteiger partial charge in [-0.25, -0.2) is 0 Å². The van der Waals surface area contributed by atoms with Crippen molar-refractivity contribution in [3.05, 3.63) is 16.4 Å². The minimum Gasteiger partial charge on any atom is -0.271 e. The molecule has 2 rings (SSSR count). The summed E-state index contributed by atoms with van der Waals surface area (Å²) < 4.78 is 3.05. The summed E-state index contributed by atoms with van der Waals surface area (Å²) in [4.78, 5) is 0. The summed E-state index contributed by atoms with van der Waals surface area (Å²) >= 11 is 3.54. The lowest BCUT2D eigenvalue weighted by atomic mass is 10.1. The van der Waals surface area contributed by atoms with Gasteiger partial charge < -0.3 is 0 Å². The molecule has 3 atom stereocenters. The van der Waals surface area contributed by atoms with Crippen LogP contribution in [-0.2, 0) is 6.54 Å². The monoisotopic (exact) mass is 272 g/mol. The lowest BCUT2D eigenvalue weighted by molar-refractivity contribution is 0.434. The molecule has 0 bridgehead atoms. The standard InChI is InChI=1S/C10H17BrN4/c1-3-15-10(8(11)5-13-15)9(14-12)7-4-6(7)2/h5-7,9,14H,3-4,12H2,1-2H3. The first-order valence-corrected chi connectivity index (χ1v) is 6.15. The van der Waals surface area contributed by atoms with Crippen LogP contribution in [0.5, 0.6) is 0 Å². The first kappa shape index (κ1) is 11.1. The normalized spacial score (nSPS) is 26.7. The van der Waals surface area contributed by atoms with Crippen molar-refractivity contribution in [3.8, 4) is 0 Å². The van der Waals surface area contributed by atoms with E-state index in [-0.39, 0.29) is 6.04 Å². The molecule has 1 fully saturated rings. The van der Waals surface area contributed by atoms with Crippen molar-refractivity contribution in [1.82, 2.24) is 15.2 Å². The van der Waals surface area contributed by atoms with Gasteiger partial charge in [-0.1, -0.05) is 6.92 Å². The number of hydrogen-bond donors (Lipinski definition) is 2. The fraction of sp³-hybridized carbons (Fsp3) is 0.700. The molecule has 0 aromatic carbocycles. The predicted molar refractivity (Wildman–Crippen MR) is 62.9 cm³/mol. The molecule has 1 heterocycles. The number of halogens is 1. The molecule has 5 heteroatoms. The zero-order chi connectivity index (χ0) is 11.0. The number of aryl methyl sites for hydroxylation is 1.